The number of thiophene rings is 1. The molecular weight excluding hydrogens is 302 g/mol. The Hall–Kier alpha value is -1.61. The number of carbonyl (C=O) groups is 1. The lowest BCUT2D eigenvalue weighted by molar-refractivity contribution is -0.121. The van der Waals surface area contributed by atoms with Gasteiger partial charge in [0.1, 0.15) is 0 Å². The lowest BCUT2D eigenvalue weighted by Crippen LogP contribution is -2.23. The van der Waals surface area contributed by atoms with E-state index in [2.05, 4.69) is 40.3 Å². The minimum absolute atomic E-state index is 0.190. The van der Waals surface area contributed by atoms with Crippen LogP contribution in [0.3, 0.4) is 0 Å². The minimum atomic E-state index is 0.190. The molecule has 1 N–H and O–H groups in total. The third kappa shape index (κ3) is 4.68. The van der Waals surface area contributed by atoms with Gasteiger partial charge in [-0.05, 0) is 45.9 Å². The molecular formula is C20H25NOS. The monoisotopic (exact) mass is 327 g/mol. The molecule has 0 saturated heterocycles. The van der Waals surface area contributed by atoms with Crippen LogP contribution in [0.2, 0.25) is 0 Å². The van der Waals surface area contributed by atoms with Crippen molar-refractivity contribution in [3.05, 3.63) is 46.7 Å². The molecule has 23 heavy (non-hydrogen) atoms. The summed E-state index contributed by atoms with van der Waals surface area (Å²) >= 11 is 1.70. The lowest BCUT2D eigenvalue weighted by Gasteiger charge is -2.21. The van der Waals surface area contributed by atoms with E-state index in [0.29, 0.717) is 13.0 Å². The van der Waals surface area contributed by atoms with Crippen LogP contribution < -0.4 is 5.32 Å². The molecule has 1 aliphatic carbocycles. The predicted molar refractivity (Wildman–Crippen MR) is 97.4 cm³/mol. The van der Waals surface area contributed by atoms with Crippen molar-refractivity contribution < 1.29 is 4.79 Å². The SMILES string of the molecule is O=C(CCC1CCCCC1)NCc1ccccc1-c1ccsc1. The Morgan fingerprint density at radius 3 is 2.74 bits per heavy atom. The van der Waals surface area contributed by atoms with Crippen LogP contribution in [-0.4, -0.2) is 5.91 Å². The standard InChI is InChI=1S/C20H25NOS/c22-20(11-10-16-6-2-1-3-7-16)21-14-17-8-4-5-9-19(17)18-12-13-23-15-18/h4-5,8-9,12-13,15-16H,1-3,6-7,10-11,14H2,(H,21,22). The van der Waals surface area contributed by atoms with E-state index in [1.165, 1.54) is 48.8 Å². The molecule has 3 heteroatoms. The molecule has 1 saturated carbocycles. The second-order valence-electron chi connectivity index (χ2n) is 6.49. The Kier molecular flexibility index (Phi) is 5.87. The highest BCUT2D eigenvalue weighted by atomic mass is 32.1. The maximum atomic E-state index is 12.1. The fourth-order valence-electron chi connectivity index (χ4n) is 3.47. The van der Waals surface area contributed by atoms with Gasteiger partial charge in [0.2, 0.25) is 5.91 Å². The third-order valence-corrected chi connectivity index (χ3v) is 5.51. The van der Waals surface area contributed by atoms with E-state index in [4.69, 9.17) is 0 Å². The molecule has 122 valence electrons. The Bertz CT molecular complexity index is 614. The van der Waals surface area contributed by atoms with Crippen LogP contribution in [0.5, 0.6) is 0 Å². The summed E-state index contributed by atoms with van der Waals surface area (Å²) in [6.07, 6.45) is 8.43. The van der Waals surface area contributed by atoms with Crippen molar-refractivity contribution in [1.29, 1.82) is 0 Å². The van der Waals surface area contributed by atoms with Crippen LogP contribution in [0.1, 0.15) is 50.5 Å². The van der Waals surface area contributed by atoms with Crippen molar-refractivity contribution >= 4 is 17.2 Å². The van der Waals surface area contributed by atoms with Gasteiger partial charge >= 0.3 is 0 Å². The summed E-state index contributed by atoms with van der Waals surface area (Å²) in [4.78, 5) is 12.1. The number of benzene rings is 1. The first-order valence-electron chi connectivity index (χ1n) is 8.70. The average Bonchev–Trinajstić information content (AvgIpc) is 3.14. The van der Waals surface area contributed by atoms with Gasteiger partial charge in [-0.25, -0.2) is 0 Å². The first-order valence-corrected chi connectivity index (χ1v) is 9.64. The van der Waals surface area contributed by atoms with Crippen molar-refractivity contribution in [1.82, 2.24) is 5.32 Å². The predicted octanol–water partition coefficient (Wildman–Crippen LogP) is 5.39. The van der Waals surface area contributed by atoms with Crippen LogP contribution >= 0.6 is 11.3 Å². The summed E-state index contributed by atoms with van der Waals surface area (Å²) in [6.45, 7) is 0.621. The van der Waals surface area contributed by atoms with Crippen LogP contribution in [0.4, 0.5) is 0 Å². The molecule has 0 aliphatic heterocycles. The fraction of sp³-hybridized carbons (Fsp3) is 0.450. The summed E-state index contributed by atoms with van der Waals surface area (Å²) in [5, 5.41) is 7.35. The molecule has 0 unspecified atom stereocenters. The second-order valence-corrected chi connectivity index (χ2v) is 7.27. The average molecular weight is 327 g/mol. The van der Waals surface area contributed by atoms with Crippen molar-refractivity contribution in [3.8, 4) is 11.1 Å². The van der Waals surface area contributed by atoms with Crippen molar-refractivity contribution in [2.24, 2.45) is 5.92 Å². The number of hydrogen-bond donors (Lipinski definition) is 1. The summed E-state index contributed by atoms with van der Waals surface area (Å²) in [6, 6.07) is 10.5. The van der Waals surface area contributed by atoms with Crippen LogP contribution in [-0.2, 0) is 11.3 Å². The molecule has 1 fully saturated rings. The van der Waals surface area contributed by atoms with Gasteiger partial charge in [0.05, 0.1) is 0 Å². The maximum Gasteiger partial charge on any atom is 0.220 e. The van der Waals surface area contributed by atoms with Gasteiger partial charge in [0.25, 0.3) is 0 Å². The Morgan fingerprint density at radius 2 is 1.96 bits per heavy atom. The summed E-state index contributed by atoms with van der Waals surface area (Å²) in [7, 11) is 0. The van der Waals surface area contributed by atoms with Crippen molar-refractivity contribution in [2.45, 2.75) is 51.5 Å². The number of amides is 1. The van der Waals surface area contributed by atoms with Gasteiger partial charge < -0.3 is 5.32 Å². The molecule has 0 bridgehead atoms. The third-order valence-electron chi connectivity index (χ3n) is 4.83. The second kappa shape index (κ2) is 8.30. The first kappa shape index (κ1) is 16.3. The van der Waals surface area contributed by atoms with E-state index in [-0.39, 0.29) is 5.91 Å². The molecule has 2 aromatic rings. The molecule has 3 rings (SSSR count). The molecule has 1 heterocycles. The summed E-state index contributed by atoms with van der Waals surface area (Å²) < 4.78 is 0. The normalized spacial score (nSPS) is 15.5. The largest absolute Gasteiger partial charge is 0.352 e. The summed E-state index contributed by atoms with van der Waals surface area (Å²) in [5.41, 5.74) is 3.65. The van der Waals surface area contributed by atoms with E-state index in [1.807, 2.05) is 6.07 Å². The molecule has 1 amide bonds. The van der Waals surface area contributed by atoms with Gasteiger partial charge in [-0.2, -0.15) is 11.3 Å². The van der Waals surface area contributed by atoms with E-state index >= 15 is 0 Å². The topological polar surface area (TPSA) is 29.1 Å². The molecule has 0 spiro atoms. The zero-order valence-corrected chi connectivity index (χ0v) is 14.4. The number of rotatable bonds is 6. The maximum absolute atomic E-state index is 12.1. The fourth-order valence-corrected chi connectivity index (χ4v) is 4.12. The molecule has 2 nitrogen and oxygen atoms in total. The lowest BCUT2D eigenvalue weighted by atomic mass is 9.86. The molecule has 0 atom stereocenters. The minimum Gasteiger partial charge on any atom is -0.352 e. The zero-order chi connectivity index (χ0) is 15.9. The smallest absolute Gasteiger partial charge is 0.220 e. The van der Waals surface area contributed by atoms with E-state index in [9.17, 15) is 4.79 Å². The van der Waals surface area contributed by atoms with Gasteiger partial charge in [0, 0.05) is 13.0 Å². The first-order chi connectivity index (χ1) is 11.3. The highest BCUT2D eigenvalue weighted by molar-refractivity contribution is 7.08. The highest BCUT2D eigenvalue weighted by Crippen LogP contribution is 2.28. The molecule has 1 aromatic carbocycles. The van der Waals surface area contributed by atoms with E-state index in [1.54, 1.807) is 11.3 Å². The van der Waals surface area contributed by atoms with Crippen LogP contribution in [0, 0.1) is 5.92 Å². The van der Waals surface area contributed by atoms with Crippen molar-refractivity contribution in [3.63, 3.8) is 0 Å². The zero-order valence-electron chi connectivity index (χ0n) is 13.6. The van der Waals surface area contributed by atoms with Gasteiger partial charge in [0.15, 0.2) is 0 Å². The molecule has 1 aliphatic rings. The van der Waals surface area contributed by atoms with Gasteiger partial charge in [-0.3, -0.25) is 4.79 Å². The van der Waals surface area contributed by atoms with Crippen molar-refractivity contribution in [2.75, 3.05) is 0 Å². The Labute approximate surface area is 142 Å². The van der Waals surface area contributed by atoms with Gasteiger partial charge in [-0.15, -0.1) is 0 Å². The quantitative estimate of drug-likeness (QED) is 0.757. The van der Waals surface area contributed by atoms with Crippen LogP contribution in [0.25, 0.3) is 11.1 Å². The Morgan fingerprint density at radius 1 is 1.13 bits per heavy atom. The highest BCUT2D eigenvalue weighted by Gasteiger charge is 2.15. The number of hydrogen-bond acceptors (Lipinski definition) is 2. The van der Waals surface area contributed by atoms with Gasteiger partial charge in [-0.1, -0.05) is 56.4 Å². The number of carbonyl (C=O) groups excluding carboxylic acids is 1. The van der Waals surface area contributed by atoms with E-state index in [0.717, 1.165) is 12.3 Å². The molecule has 0 radical (unpaired) electrons. The van der Waals surface area contributed by atoms with E-state index < -0.39 is 0 Å². The number of nitrogens with one attached hydrogen (secondary N) is 1. The summed E-state index contributed by atoms with van der Waals surface area (Å²) in [5.74, 6) is 0.961. The Balaban J connectivity index is 1.51. The molecule has 1 aromatic heterocycles. The van der Waals surface area contributed by atoms with Crippen LogP contribution in [0.15, 0.2) is 41.1 Å².